The SMILES string of the molecule is C1=CCC2=C(C=1)Cc1cc3c(cc12)Cc1ccccc1-3. The van der Waals surface area contributed by atoms with Gasteiger partial charge in [0.1, 0.15) is 0 Å². The Labute approximate surface area is 118 Å². The third-order valence-electron chi connectivity index (χ3n) is 4.79. The maximum atomic E-state index is 3.26. The van der Waals surface area contributed by atoms with Crippen molar-refractivity contribution in [2.75, 3.05) is 0 Å². The molecule has 0 unspecified atom stereocenters. The first-order valence-electron chi connectivity index (χ1n) is 7.27. The van der Waals surface area contributed by atoms with Crippen LogP contribution < -0.4 is 0 Å². The van der Waals surface area contributed by atoms with E-state index in [1.54, 1.807) is 0 Å². The maximum absolute atomic E-state index is 3.26. The van der Waals surface area contributed by atoms with Gasteiger partial charge in [-0.2, -0.15) is 0 Å². The lowest BCUT2D eigenvalue weighted by atomic mass is 9.96. The van der Waals surface area contributed by atoms with E-state index >= 15 is 0 Å². The van der Waals surface area contributed by atoms with Crippen LogP contribution in [0.25, 0.3) is 16.7 Å². The molecule has 0 radical (unpaired) electrons. The summed E-state index contributed by atoms with van der Waals surface area (Å²) in [6, 6.07) is 13.7. The predicted molar refractivity (Wildman–Crippen MR) is 82.6 cm³/mol. The van der Waals surface area contributed by atoms with E-state index in [1.165, 1.54) is 44.5 Å². The van der Waals surface area contributed by atoms with Gasteiger partial charge in [-0.25, -0.2) is 0 Å². The van der Waals surface area contributed by atoms with E-state index in [-0.39, 0.29) is 0 Å². The van der Waals surface area contributed by atoms with Crippen molar-refractivity contribution in [3.05, 3.63) is 82.1 Å². The smallest absolute Gasteiger partial charge is 0.00103 e. The molecule has 2 aromatic rings. The van der Waals surface area contributed by atoms with Crippen molar-refractivity contribution in [3.8, 4) is 11.1 Å². The first-order valence-corrected chi connectivity index (χ1v) is 7.27. The van der Waals surface area contributed by atoms with Crippen molar-refractivity contribution in [2.24, 2.45) is 0 Å². The molecule has 5 rings (SSSR count). The molecule has 0 atom stereocenters. The topological polar surface area (TPSA) is 0 Å². The van der Waals surface area contributed by atoms with Gasteiger partial charge < -0.3 is 0 Å². The Bertz CT molecular complexity index is 856. The van der Waals surface area contributed by atoms with Crippen LogP contribution in [-0.4, -0.2) is 0 Å². The van der Waals surface area contributed by atoms with E-state index in [2.05, 4.69) is 54.3 Å². The molecule has 0 N–H and O–H groups in total. The molecule has 0 spiro atoms. The predicted octanol–water partition coefficient (Wildman–Crippen LogP) is 4.68. The fourth-order valence-electron chi connectivity index (χ4n) is 3.84. The lowest BCUT2D eigenvalue weighted by molar-refractivity contribution is 1.22. The summed E-state index contributed by atoms with van der Waals surface area (Å²) in [5.74, 6) is 0. The molecular weight excluding hydrogens is 240 g/mol. The molecule has 0 saturated heterocycles. The zero-order chi connectivity index (χ0) is 13.1. The van der Waals surface area contributed by atoms with Crippen molar-refractivity contribution in [3.63, 3.8) is 0 Å². The van der Waals surface area contributed by atoms with Crippen molar-refractivity contribution < 1.29 is 0 Å². The van der Waals surface area contributed by atoms with Gasteiger partial charge in [-0.05, 0) is 82.0 Å². The van der Waals surface area contributed by atoms with E-state index < -0.39 is 0 Å². The van der Waals surface area contributed by atoms with Gasteiger partial charge in [0.05, 0.1) is 0 Å². The van der Waals surface area contributed by atoms with E-state index in [4.69, 9.17) is 0 Å². The van der Waals surface area contributed by atoms with Crippen LogP contribution >= 0.6 is 0 Å². The molecule has 20 heavy (non-hydrogen) atoms. The second-order valence-electron chi connectivity index (χ2n) is 5.90. The van der Waals surface area contributed by atoms with Crippen LogP contribution in [0.4, 0.5) is 0 Å². The molecule has 0 heteroatoms. The summed E-state index contributed by atoms with van der Waals surface area (Å²) in [6.07, 6.45) is 7.53. The monoisotopic (exact) mass is 254 g/mol. The number of allylic oxidation sites excluding steroid dienone is 3. The molecular formula is C20H14. The molecule has 0 nitrogen and oxygen atoms in total. The largest absolute Gasteiger partial charge is 0.125 e. The number of hydrogen-bond donors (Lipinski definition) is 0. The Hall–Kier alpha value is -2.30. The molecule has 3 aliphatic carbocycles. The second kappa shape index (κ2) is 3.62. The Balaban J connectivity index is 1.71. The highest BCUT2D eigenvalue weighted by Crippen LogP contribution is 2.44. The van der Waals surface area contributed by atoms with Gasteiger partial charge in [-0.1, -0.05) is 30.3 Å². The summed E-state index contributed by atoms with van der Waals surface area (Å²) in [7, 11) is 0. The maximum Gasteiger partial charge on any atom is -0.00103 e. The molecule has 94 valence electrons. The van der Waals surface area contributed by atoms with Crippen LogP contribution in [0.1, 0.15) is 28.7 Å². The van der Waals surface area contributed by atoms with Crippen LogP contribution in [0.3, 0.4) is 0 Å². The fourth-order valence-corrected chi connectivity index (χ4v) is 3.84. The Morgan fingerprint density at radius 3 is 2.65 bits per heavy atom. The highest BCUT2D eigenvalue weighted by atomic mass is 14.3. The standard InChI is InChI=1S/C20H14/c1-3-7-17-13(5-1)9-15-11-20-16(12-19(15)17)10-14-6-2-4-8-18(14)20/h1,3-7,11-12H,8-10H2. The molecule has 0 saturated carbocycles. The van der Waals surface area contributed by atoms with Crippen molar-refractivity contribution in [1.82, 2.24) is 0 Å². The molecule has 3 aliphatic rings. The first kappa shape index (κ1) is 10.5. The minimum atomic E-state index is 1.05. The molecule has 0 bridgehead atoms. The van der Waals surface area contributed by atoms with Gasteiger partial charge in [0.25, 0.3) is 0 Å². The average Bonchev–Trinajstić information content (AvgIpc) is 3.02. The highest BCUT2D eigenvalue weighted by molar-refractivity contribution is 5.86. The summed E-state index contributed by atoms with van der Waals surface area (Å²) in [4.78, 5) is 0. The average molecular weight is 254 g/mol. The van der Waals surface area contributed by atoms with Crippen molar-refractivity contribution in [2.45, 2.75) is 19.3 Å². The number of hydrogen-bond acceptors (Lipinski definition) is 0. The third kappa shape index (κ3) is 1.27. The van der Waals surface area contributed by atoms with E-state index in [0.29, 0.717) is 0 Å². The molecule has 0 aromatic heterocycles. The summed E-state index contributed by atoms with van der Waals surface area (Å²) in [6.45, 7) is 0. The lowest BCUT2D eigenvalue weighted by Gasteiger charge is -2.08. The Morgan fingerprint density at radius 2 is 1.65 bits per heavy atom. The Morgan fingerprint density at radius 1 is 0.800 bits per heavy atom. The molecule has 0 amide bonds. The minimum Gasteiger partial charge on any atom is -0.125 e. The normalized spacial score (nSPS) is 17.0. The van der Waals surface area contributed by atoms with E-state index in [9.17, 15) is 0 Å². The summed E-state index contributed by atoms with van der Waals surface area (Å²) >= 11 is 0. The van der Waals surface area contributed by atoms with Crippen molar-refractivity contribution >= 4 is 5.57 Å². The zero-order valence-corrected chi connectivity index (χ0v) is 11.2. The van der Waals surface area contributed by atoms with E-state index in [1.807, 2.05) is 0 Å². The Kier molecular flexibility index (Phi) is 1.90. The van der Waals surface area contributed by atoms with Gasteiger partial charge in [-0.3, -0.25) is 0 Å². The van der Waals surface area contributed by atoms with Gasteiger partial charge in [0.2, 0.25) is 0 Å². The quantitative estimate of drug-likeness (QED) is 0.511. The molecule has 2 aromatic carbocycles. The molecule has 0 heterocycles. The van der Waals surface area contributed by atoms with Gasteiger partial charge in [-0.15, -0.1) is 5.73 Å². The van der Waals surface area contributed by atoms with E-state index in [0.717, 1.165) is 19.3 Å². The lowest BCUT2D eigenvalue weighted by Crippen LogP contribution is -1.89. The van der Waals surface area contributed by atoms with Crippen LogP contribution in [0, 0.1) is 0 Å². The van der Waals surface area contributed by atoms with Crippen LogP contribution in [0.2, 0.25) is 0 Å². The number of rotatable bonds is 0. The summed E-state index contributed by atoms with van der Waals surface area (Å²) in [5.41, 5.74) is 15.1. The zero-order valence-electron chi connectivity index (χ0n) is 11.2. The van der Waals surface area contributed by atoms with Crippen LogP contribution in [-0.2, 0) is 12.8 Å². The molecule has 0 fully saturated rings. The van der Waals surface area contributed by atoms with Crippen molar-refractivity contribution in [1.29, 1.82) is 0 Å². The number of fused-ring (bicyclic) bond motifs is 5. The molecule has 0 aliphatic heterocycles. The summed E-state index contributed by atoms with van der Waals surface area (Å²) < 4.78 is 0. The second-order valence-corrected chi connectivity index (χ2v) is 5.90. The van der Waals surface area contributed by atoms with Crippen LogP contribution in [0.5, 0.6) is 0 Å². The van der Waals surface area contributed by atoms with Gasteiger partial charge >= 0.3 is 0 Å². The summed E-state index contributed by atoms with van der Waals surface area (Å²) in [5, 5.41) is 0. The fraction of sp³-hybridized carbons (Fsp3) is 0.150. The van der Waals surface area contributed by atoms with Crippen LogP contribution in [0.15, 0.2) is 59.9 Å². The highest BCUT2D eigenvalue weighted by Gasteiger charge is 2.25. The van der Waals surface area contributed by atoms with Gasteiger partial charge in [0.15, 0.2) is 0 Å². The third-order valence-corrected chi connectivity index (χ3v) is 4.79. The van der Waals surface area contributed by atoms with Gasteiger partial charge in [0, 0.05) is 0 Å². The number of benzene rings is 2. The first-order chi connectivity index (χ1) is 9.90. The minimum absolute atomic E-state index is 1.05.